The number of nitro benzene ring substituents is 1. The molecule has 1 unspecified atom stereocenters. The molecule has 1 rings (SSSR count). The van der Waals surface area contributed by atoms with Gasteiger partial charge in [-0.15, -0.1) is 0 Å². The fourth-order valence-corrected chi connectivity index (χ4v) is 2.06. The number of nitro groups is 1. The van der Waals surface area contributed by atoms with E-state index in [1.54, 1.807) is 6.92 Å². The van der Waals surface area contributed by atoms with Gasteiger partial charge in [0.1, 0.15) is 0 Å². The number of benzene rings is 1. The number of nitrogens with zero attached hydrogens (tertiary/aromatic N) is 1. The van der Waals surface area contributed by atoms with Gasteiger partial charge in [0.2, 0.25) is 0 Å². The molecule has 1 amide bonds. The van der Waals surface area contributed by atoms with Crippen LogP contribution in [-0.4, -0.2) is 27.9 Å². The first kappa shape index (κ1) is 16.6. The van der Waals surface area contributed by atoms with Crippen LogP contribution in [0.3, 0.4) is 0 Å². The molecule has 0 aliphatic carbocycles. The summed E-state index contributed by atoms with van der Waals surface area (Å²) < 4.78 is 0. The Morgan fingerprint density at radius 3 is 2.57 bits per heavy atom. The van der Waals surface area contributed by atoms with Crippen molar-refractivity contribution in [2.45, 2.75) is 39.2 Å². The summed E-state index contributed by atoms with van der Waals surface area (Å²) >= 11 is 0. The maximum Gasteiger partial charge on any atom is 0.305 e. The quantitative estimate of drug-likeness (QED) is 0.592. The fourth-order valence-electron chi connectivity index (χ4n) is 2.06. The molecule has 1 atom stereocenters. The molecular formula is C14H18N2O5. The lowest BCUT2D eigenvalue weighted by molar-refractivity contribution is -0.384. The number of carboxylic acids is 1. The molecule has 0 saturated heterocycles. The molecule has 2 N–H and O–H groups in total. The second-order valence-electron chi connectivity index (χ2n) is 4.81. The number of carbonyl (C=O) groups is 2. The normalized spacial score (nSPS) is 11.7. The molecule has 0 radical (unpaired) electrons. The summed E-state index contributed by atoms with van der Waals surface area (Å²) in [5.74, 6) is -1.39. The third kappa shape index (κ3) is 4.87. The number of non-ortho nitro benzene ring substituents is 1. The van der Waals surface area contributed by atoms with Crippen molar-refractivity contribution < 1.29 is 19.6 Å². The zero-order valence-corrected chi connectivity index (χ0v) is 12.0. The van der Waals surface area contributed by atoms with E-state index in [9.17, 15) is 19.7 Å². The van der Waals surface area contributed by atoms with Crippen molar-refractivity contribution in [1.82, 2.24) is 5.32 Å². The Bertz CT molecular complexity index is 556. The summed E-state index contributed by atoms with van der Waals surface area (Å²) in [7, 11) is 0. The smallest absolute Gasteiger partial charge is 0.305 e. The first-order valence-electron chi connectivity index (χ1n) is 6.62. The summed E-state index contributed by atoms with van der Waals surface area (Å²) in [6, 6.07) is 3.51. The maximum absolute atomic E-state index is 12.1. The van der Waals surface area contributed by atoms with E-state index in [-0.39, 0.29) is 12.1 Å². The van der Waals surface area contributed by atoms with E-state index in [1.165, 1.54) is 18.2 Å². The van der Waals surface area contributed by atoms with E-state index in [0.29, 0.717) is 17.5 Å². The van der Waals surface area contributed by atoms with Gasteiger partial charge in [-0.3, -0.25) is 19.7 Å². The Balaban J connectivity index is 2.87. The van der Waals surface area contributed by atoms with Crippen LogP contribution in [0.25, 0.3) is 0 Å². The zero-order valence-electron chi connectivity index (χ0n) is 12.0. The number of aliphatic carboxylic acids is 1. The highest BCUT2D eigenvalue weighted by molar-refractivity contribution is 5.96. The number of hydrogen-bond acceptors (Lipinski definition) is 4. The number of carboxylic acid groups (broad SMARTS) is 1. The van der Waals surface area contributed by atoms with E-state index in [0.717, 1.165) is 6.42 Å². The van der Waals surface area contributed by atoms with Crippen LogP contribution in [0.15, 0.2) is 18.2 Å². The second-order valence-corrected chi connectivity index (χ2v) is 4.81. The predicted molar refractivity (Wildman–Crippen MR) is 76.2 cm³/mol. The van der Waals surface area contributed by atoms with Gasteiger partial charge in [0, 0.05) is 23.7 Å². The Labute approximate surface area is 122 Å². The predicted octanol–water partition coefficient (Wildman–Crippen LogP) is 2.28. The summed E-state index contributed by atoms with van der Waals surface area (Å²) in [5.41, 5.74) is 0.707. The van der Waals surface area contributed by atoms with E-state index in [4.69, 9.17) is 5.11 Å². The largest absolute Gasteiger partial charge is 0.481 e. The Kier molecular flexibility index (Phi) is 5.83. The van der Waals surface area contributed by atoms with Crippen LogP contribution in [0.5, 0.6) is 0 Å². The number of hydrogen-bond donors (Lipinski definition) is 2. The van der Waals surface area contributed by atoms with E-state index in [2.05, 4.69) is 5.32 Å². The summed E-state index contributed by atoms with van der Waals surface area (Å²) in [6.45, 7) is 3.51. The van der Waals surface area contributed by atoms with Crippen LogP contribution in [0.1, 0.15) is 42.1 Å². The van der Waals surface area contributed by atoms with Gasteiger partial charge in [0.05, 0.1) is 11.3 Å². The molecular weight excluding hydrogens is 276 g/mol. The third-order valence-corrected chi connectivity index (χ3v) is 3.06. The van der Waals surface area contributed by atoms with Crippen LogP contribution in [-0.2, 0) is 4.79 Å². The van der Waals surface area contributed by atoms with Crippen LogP contribution >= 0.6 is 0 Å². The van der Waals surface area contributed by atoms with Gasteiger partial charge in [-0.2, -0.15) is 0 Å². The molecule has 1 aromatic carbocycles. The monoisotopic (exact) mass is 294 g/mol. The van der Waals surface area contributed by atoms with E-state index in [1.807, 2.05) is 6.92 Å². The van der Waals surface area contributed by atoms with Gasteiger partial charge in [-0.25, -0.2) is 0 Å². The minimum absolute atomic E-state index is 0.0836. The molecule has 0 bridgehead atoms. The molecule has 0 heterocycles. The molecule has 0 aliphatic heterocycles. The molecule has 114 valence electrons. The van der Waals surface area contributed by atoms with Crippen molar-refractivity contribution in [3.8, 4) is 0 Å². The standard InChI is InChI=1S/C14H18N2O5/c1-3-4-10(8-13(17)18)15-14(19)12-6-5-11(16(20)21)7-9(12)2/h5-7,10H,3-4,8H2,1-2H3,(H,15,19)(H,17,18). The van der Waals surface area contributed by atoms with Crippen LogP contribution in [0.4, 0.5) is 5.69 Å². The van der Waals surface area contributed by atoms with E-state index >= 15 is 0 Å². The lowest BCUT2D eigenvalue weighted by atomic mass is 10.0. The lowest BCUT2D eigenvalue weighted by Crippen LogP contribution is -2.36. The Morgan fingerprint density at radius 1 is 1.43 bits per heavy atom. The van der Waals surface area contributed by atoms with Crippen molar-refractivity contribution in [3.05, 3.63) is 39.4 Å². The van der Waals surface area contributed by atoms with Crippen molar-refractivity contribution in [3.63, 3.8) is 0 Å². The SMILES string of the molecule is CCCC(CC(=O)O)NC(=O)c1ccc([N+](=O)[O-])cc1C. The average molecular weight is 294 g/mol. The lowest BCUT2D eigenvalue weighted by Gasteiger charge is -2.16. The summed E-state index contributed by atoms with van der Waals surface area (Å²) in [4.78, 5) is 33.0. The molecule has 7 heteroatoms. The molecule has 0 fully saturated rings. The van der Waals surface area contributed by atoms with Crippen LogP contribution < -0.4 is 5.32 Å². The van der Waals surface area contributed by atoms with Crippen molar-refractivity contribution >= 4 is 17.6 Å². The first-order valence-corrected chi connectivity index (χ1v) is 6.62. The zero-order chi connectivity index (χ0) is 16.0. The third-order valence-electron chi connectivity index (χ3n) is 3.06. The molecule has 0 spiro atoms. The van der Waals surface area contributed by atoms with Gasteiger partial charge in [0.15, 0.2) is 0 Å². The number of nitrogens with one attached hydrogen (secondary N) is 1. The molecule has 7 nitrogen and oxygen atoms in total. The Morgan fingerprint density at radius 2 is 2.10 bits per heavy atom. The van der Waals surface area contributed by atoms with Gasteiger partial charge in [-0.05, 0) is 25.0 Å². The number of carbonyl (C=O) groups excluding carboxylic acids is 1. The average Bonchev–Trinajstić information content (AvgIpc) is 2.37. The molecule has 0 saturated carbocycles. The number of aryl methyl sites for hydroxylation is 1. The highest BCUT2D eigenvalue weighted by Gasteiger charge is 2.18. The van der Waals surface area contributed by atoms with Crippen LogP contribution in [0, 0.1) is 17.0 Å². The number of rotatable bonds is 7. The fraction of sp³-hybridized carbons (Fsp3) is 0.429. The Hall–Kier alpha value is -2.44. The van der Waals surface area contributed by atoms with Crippen molar-refractivity contribution in [2.24, 2.45) is 0 Å². The molecule has 0 aromatic heterocycles. The minimum atomic E-state index is -0.978. The molecule has 21 heavy (non-hydrogen) atoms. The topological polar surface area (TPSA) is 110 Å². The summed E-state index contributed by atoms with van der Waals surface area (Å²) in [5, 5.41) is 22.1. The molecule has 0 aliphatic rings. The van der Waals surface area contributed by atoms with E-state index < -0.39 is 22.8 Å². The summed E-state index contributed by atoms with van der Waals surface area (Å²) in [6.07, 6.45) is 1.16. The minimum Gasteiger partial charge on any atom is -0.481 e. The second kappa shape index (κ2) is 7.37. The van der Waals surface area contributed by atoms with Crippen molar-refractivity contribution in [2.75, 3.05) is 0 Å². The van der Waals surface area contributed by atoms with Gasteiger partial charge < -0.3 is 10.4 Å². The van der Waals surface area contributed by atoms with Gasteiger partial charge in [0.25, 0.3) is 11.6 Å². The molecule has 1 aromatic rings. The highest BCUT2D eigenvalue weighted by atomic mass is 16.6. The maximum atomic E-state index is 12.1. The highest BCUT2D eigenvalue weighted by Crippen LogP contribution is 2.17. The number of amides is 1. The van der Waals surface area contributed by atoms with Crippen molar-refractivity contribution in [1.29, 1.82) is 0 Å². The van der Waals surface area contributed by atoms with Gasteiger partial charge in [-0.1, -0.05) is 13.3 Å². The van der Waals surface area contributed by atoms with Crippen LogP contribution in [0.2, 0.25) is 0 Å². The van der Waals surface area contributed by atoms with Gasteiger partial charge >= 0.3 is 5.97 Å². The first-order chi connectivity index (χ1) is 9.85.